The molecule has 16 heavy (non-hydrogen) atoms. The third kappa shape index (κ3) is 2.98. The van der Waals surface area contributed by atoms with Gasteiger partial charge in [0.1, 0.15) is 5.84 Å². The van der Waals surface area contributed by atoms with Gasteiger partial charge in [0.05, 0.1) is 5.56 Å². The third-order valence-corrected chi connectivity index (χ3v) is 2.38. The molecule has 0 aliphatic heterocycles. The van der Waals surface area contributed by atoms with Crippen molar-refractivity contribution < 1.29 is 13.2 Å². The Labute approximate surface area is 99.5 Å². The SMILES string of the molecule is CCN=C(N)c1ccc(Br)cc1C(F)(F)F. The topological polar surface area (TPSA) is 38.4 Å². The molecule has 1 rings (SSSR count). The van der Waals surface area contributed by atoms with Crippen LogP contribution in [0.3, 0.4) is 0 Å². The van der Waals surface area contributed by atoms with Crippen LogP contribution in [0, 0.1) is 0 Å². The predicted octanol–water partition coefficient (Wildman–Crippen LogP) is 3.19. The number of hydrogen-bond acceptors (Lipinski definition) is 1. The zero-order chi connectivity index (χ0) is 12.3. The van der Waals surface area contributed by atoms with Crippen molar-refractivity contribution in [1.82, 2.24) is 0 Å². The first-order chi connectivity index (χ1) is 7.36. The van der Waals surface area contributed by atoms with Crippen molar-refractivity contribution in [2.45, 2.75) is 13.1 Å². The van der Waals surface area contributed by atoms with E-state index in [1.807, 2.05) is 0 Å². The van der Waals surface area contributed by atoms with Crippen LogP contribution in [0.25, 0.3) is 0 Å². The molecule has 0 amide bonds. The monoisotopic (exact) mass is 294 g/mol. The Balaban J connectivity index is 3.34. The summed E-state index contributed by atoms with van der Waals surface area (Å²) in [5, 5.41) is 0. The van der Waals surface area contributed by atoms with Crippen molar-refractivity contribution in [3.8, 4) is 0 Å². The molecule has 0 aromatic heterocycles. The first-order valence-corrected chi connectivity index (χ1v) is 5.32. The van der Waals surface area contributed by atoms with E-state index < -0.39 is 11.7 Å². The fourth-order valence-electron chi connectivity index (χ4n) is 1.23. The number of hydrogen-bond donors (Lipinski definition) is 1. The van der Waals surface area contributed by atoms with Gasteiger partial charge in [-0.2, -0.15) is 13.2 Å². The van der Waals surface area contributed by atoms with E-state index in [0.29, 0.717) is 11.0 Å². The van der Waals surface area contributed by atoms with E-state index in [-0.39, 0.29) is 11.4 Å². The fraction of sp³-hybridized carbons (Fsp3) is 0.300. The highest BCUT2D eigenvalue weighted by Crippen LogP contribution is 2.33. The van der Waals surface area contributed by atoms with Crippen LogP contribution in [-0.4, -0.2) is 12.4 Å². The molecule has 0 unspecified atom stereocenters. The first kappa shape index (κ1) is 13.0. The van der Waals surface area contributed by atoms with Crippen molar-refractivity contribution >= 4 is 21.8 Å². The second-order valence-electron chi connectivity index (χ2n) is 3.05. The van der Waals surface area contributed by atoms with Crippen LogP contribution in [0.4, 0.5) is 13.2 Å². The quantitative estimate of drug-likeness (QED) is 0.660. The van der Waals surface area contributed by atoms with Gasteiger partial charge in [0.15, 0.2) is 0 Å². The standard InChI is InChI=1S/C10H10BrF3N2/c1-2-16-9(15)7-4-3-6(11)5-8(7)10(12,13)14/h3-5H,2H2,1H3,(H2,15,16). The van der Waals surface area contributed by atoms with E-state index in [9.17, 15) is 13.2 Å². The second-order valence-corrected chi connectivity index (χ2v) is 3.96. The third-order valence-electron chi connectivity index (χ3n) is 1.89. The normalized spacial score (nSPS) is 12.9. The van der Waals surface area contributed by atoms with Crippen LogP contribution >= 0.6 is 15.9 Å². The molecule has 0 bridgehead atoms. The summed E-state index contributed by atoms with van der Waals surface area (Å²) in [5.41, 5.74) is 4.62. The smallest absolute Gasteiger partial charge is 0.383 e. The summed E-state index contributed by atoms with van der Waals surface area (Å²) < 4.78 is 38.4. The molecule has 6 heteroatoms. The Morgan fingerprint density at radius 2 is 2.06 bits per heavy atom. The minimum Gasteiger partial charge on any atom is -0.383 e. The molecule has 0 atom stereocenters. The van der Waals surface area contributed by atoms with Gasteiger partial charge in [-0.15, -0.1) is 0 Å². The van der Waals surface area contributed by atoms with Crippen LogP contribution < -0.4 is 5.73 Å². The molecule has 88 valence electrons. The van der Waals surface area contributed by atoms with Gasteiger partial charge in [-0.25, -0.2) is 0 Å². The largest absolute Gasteiger partial charge is 0.417 e. The number of alkyl halides is 3. The molecule has 0 fully saturated rings. The Morgan fingerprint density at radius 1 is 1.44 bits per heavy atom. The minimum atomic E-state index is -4.44. The van der Waals surface area contributed by atoms with E-state index in [1.54, 1.807) is 6.92 Å². The highest BCUT2D eigenvalue weighted by molar-refractivity contribution is 9.10. The Bertz CT molecular complexity index is 413. The van der Waals surface area contributed by atoms with Crippen LogP contribution in [0.1, 0.15) is 18.1 Å². The van der Waals surface area contributed by atoms with E-state index in [1.165, 1.54) is 12.1 Å². The minimum absolute atomic E-state index is 0.0856. The Kier molecular flexibility index (Phi) is 3.96. The van der Waals surface area contributed by atoms with Gasteiger partial charge in [0.2, 0.25) is 0 Å². The number of nitrogens with two attached hydrogens (primary N) is 1. The van der Waals surface area contributed by atoms with Gasteiger partial charge < -0.3 is 5.73 Å². The van der Waals surface area contributed by atoms with Crippen molar-refractivity contribution in [2.24, 2.45) is 10.7 Å². The summed E-state index contributed by atoms with van der Waals surface area (Å²) in [6.45, 7) is 2.05. The zero-order valence-electron chi connectivity index (χ0n) is 8.48. The molecular formula is C10H10BrF3N2. The maximum Gasteiger partial charge on any atom is 0.417 e. The van der Waals surface area contributed by atoms with Crippen LogP contribution in [0.15, 0.2) is 27.7 Å². The molecular weight excluding hydrogens is 285 g/mol. The van der Waals surface area contributed by atoms with E-state index in [2.05, 4.69) is 20.9 Å². The maximum atomic E-state index is 12.7. The summed E-state index contributed by atoms with van der Waals surface area (Å²) in [6.07, 6.45) is -4.44. The molecule has 2 nitrogen and oxygen atoms in total. The summed E-state index contributed by atoms with van der Waals surface area (Å²) >= 11 is 3.00. The van der Waals surface area contributed by atoms with Crippen LogP contribution in [-0.2, 0) is 6.18 Å². The lowest BCUT2D eigenvalue weighted by molar-refractivity contribution is -0.137. The van der Waals surface area contributed by atoms with Gasteiger partial charge in [-0.1, -0.05) is 15.9 Å². The first-order valence-electron chi connectivity index (χ1n) is 4.53. The maximum absolute atomic E-state index is 12.7. The average molecular weight is 295 g/mol. The van der Waals surface area contributed by atoms with Gasteiger partial charge in [-0.3, -0.25) is 4.99 Å². The second kappa shape index (κ2) is 4.86. The molecule has 1 aromatic rings. The number of aliphatic imine (C=N–C) groups is 1. The molecule has 0 spiro atoms. The van der Waals surface area contributed by atoms with E-state index >= 15 is 0 Å². The van der Waals surface area contributed by atoms with E-state index in [0.717, 1.165) is 6.07 Å². The summed E-state index contributed by atoms with van der Waals surface area (Å²) in [7, 11) is 0. The van der Waals surface area contributed by atoms with E-state index in [4.69, 9.17) is 5.73 Å². The number of nitrogens with zero attached hydrogens (tertiary/aromatic N) is 1. The molecule has 0 aliphatic rings. The Morgan fingerprint density at radius 3 is 2.56 bits per heavy atom. The summed E-state index contributed by atoms with van der Waals surface area (Å²) in [4.78, 5) is 3.78. The Hall–Kier alpha value is -1.04. The van der Waals surface area contributed by atoms with Gasteiger partial charge in [-0.05, 0) is 25.1 Å². The summed E-state index contributed by atoms with van der Waals surface area (Å²) in [6, 6.07) is 3.80. The molecule has 1 aromatic carbocycles. The molecule has 0 saturated heterocycles. The lowest BCUT2D eigenvalue weighted by Gasteiger charge is -2.12. The summed E-state index contributed by atoms with van der Waals surface area (Å²) in [5.74, 6) is -0.0951. The molecule has 0 heterocycles. The van der Waals surface area contributed by atoms with Crippen LogP contribution in [0.2, 0.25) is 0 Å². The average Bonchev–Trinajstić information content (AvgIpc) is 2.16. The molecule has 2 N–H and O–H groups in total. The highest BCUT2D eigenvalue weighted by Gasteiger charge is 2.34. The number of amidine groups is 1. The fourth-order valence-corrected chi connectivity index (χ4v) is 1.59. The lowest BCUT2D eigenvalue weighted by Crippen LogP contribution is -2.20. The predicted molar refractivity (Wildman–Crippen MR) is 60.4 cm³/mol. The molecule has 0 saturated carbocycles. The van der Waals surface area contributed by atoms with Crippen molar-refractivity contribution in [3.63, 3.8) is 0 Å². The number of halogens is 4. The lowest BCUT2D eigenvalue weighted by atomic mass is 10.1. The van der Waals surface area contributed by atoms with Gasteiger partial charge >= 0.3 is 6.18 Å². The molecule has 0 radical (unpaired) electrons. The van der Waals surface area contributed by atoms with Gasteiger partial charge in [0, 0.05) is 16.6 Å². The van der Waals surface area contributed by atoms with Crippen molar-refractivity contribution in [2.75, 3.05) is 6.54 Å². The number of rotatable bonds is 2. The van der Waals surface area contributed by atoms with Crippen molar-refractivity contribution in [3.05, 3.63) is 33.8 Å². The van der Waals surface area contributed by atoms with Crippen molar-refractivity contribution in [1.29, 1.82) is 0 Å². The highest BCUT2D eigenvalue weighted by atomic mass is 79.9. The zero-order valence-corrected chi connectivity index (χ0v) is 10.1. The van der Waals surface area contributed by atoms with Gasteiger partial charge in [0.25, 0.3) is 0 Å². The molecule has 0 aliphatic carbocycles. The number of benzene rings is 1. The van der Waals surface area contributed by atoms with Crippen LogP contribution in [0.5, 0.6) is 0 Å².